The molecular weight excluding hydrogens is 292 g/mol. The molecular formula is C18H24N2OS. The fourth-order valence-corrected chi connectivity index (χ4v) is 4.23. The zero-order chi connectivity index (χ0) is 15.4. The molecule has 3 rings (SSSR count). The quantitative estimate of drug-likeness (QED) is 0.918. The molecule has 1 aliphatic heterocycles. The number of carbonyl (C=O) groups excluding carboxylic acids is 1. The second-order valence-corrected chi connectivity index (χ2v) is 7.08. The van der Waals surface area contributed by atoms with Crippen LogP contribution in [0.2, 0.25) is 0 Å². The molecule has 0 unspecified atom stereocenters. The van der Waals surface area contributed by atoms with E-state index in [1.807, 2.05) is 4.90 Å². The van der Waals surface area contributed by atoms with Crippen LogP contribution < -0.4 is 5.73 Å². The Labute approximate surface area is 136 Å². The Morgan fingerprint density at radius 2 is 2.05 bits per heavy atom. The van der Waals surface area contributed by atoms with Gasteiger partial charge in [-0.25, -0.2) is 0 Å². The van der Waals surface area contributed by atoms with Gasteiger partial charge >= 0.3 is 0 Å². The molecule has 1 aromatic heterocycles. The minimum Gasteiger partial charge on any atom is -0.343 e. The van der Waals surface area contributed by atoms with Crippen molar-refractivity contribution in [2.24, 2.45) is 11.7 Å². The van der Waals surface area contributed by atoms with Crippen LogP contribution in [0.4, 0.5) is 0 Å². The number of nitrogens with zero attached hydrogens (tertiary/aromatic N) is 1. The Bertz CT molecular complexity index is 629. The molecule has 2 aromatic rings. The first-order chi connectivity index (χ1) is 10.8. The average Bonchev–Trinajstić information content (AvgIpc) is 2.98. The molecule has 1 aromatic carbocycles. The zero-order valence-corrected chi connectivity index (χ0v) is 13.8. The molecule has 2 heterocycles. The first kappa shape index (κ1) is 15.5. The van der Waals surface area contributed by atoms with Crippen molar-refractivity contribution < 1.29 is 4.79 Å². The summed E-state index contributed by atoms with van der Waals surface area (Å²) in [7, 11) is 0. The van der Waals surface area contributed by atoms with Crippen LogP contribution in [0.15, 0.2) is 29.6 Å². The normalized spacial score (nSPS) is 16.3. The fourth-order valence-electron chi connectivity index (χ4n) is 3.23. The molecule has 22 heavy (non-hydrogen) atoms. The van der Waals surface area contributed by atoms with Crippen LogP contribution in [0.3, 0.4) is 0 Å². The van der Waals surface area contributed by atoms with Crippen LogP contribution in [-0.2, 0) is 11.2 Å². The number of likely N-dealkylation sites (tertiary alicyclic amines) is 1. The third-order valence-electron chi connectivity index (χ3n) is 4.70. The smallest absolute Gasteiger partial charge is 0.222 e. The van der Waals surface area contributed by atoms with Gasteiger partial charge in [0.15, 0.2) is 0 Å². The number of nitrogens with two attached hydrogens (primary N) is 1. The number of fused-ring (bicyclic) bond motifs is 1. The zero-order valence-electron chi connectivity index (χ0n) is 13.0. The summed E-state index contributed by atoms with van der Waals surface area (Å²) in [6.45, 7) is 2.54. The van der Waals surface area contributed by atoms with Gasteiger partial charge in [-0.3, -0.25) is 4.79 Å². The Balaban J connectivity index is 1.48. The van der Waals surface area contributed by atoms with Crippen molar-refractivity contribution in [1.29, 1.82) is 0 Å². The van der Waals surface area contributed by atoms with Gasteiger partial charge < -0.3 is 10.6 Å². The second kappa shape index (κ2) is 7.25. The lowest BCUT2D eigenvalue weighted by atomic mass is 9.96. The van der Waals surface area contributed by atoms with E-state index in [0.717, 1.165) is 45.3 Å². The van der Waals surface area contributed by atoms with Crippen molar-refractivity contribution in [1.82, 2.24) is 4.90 Å². The summed E-state index contributed by atoms with van der Waals surface area (Å²) < 4.78 is 1.34. The number of aryl methyl sites for hydroxylation is 1. The minimum atomic E-state index is 0.315. The number of amides is 1. The Morgan fingerprint density at radius 3 is 2.82 bits per heavy atom. The van der Waals surface area contributed by atoms with Crippen LogP contribution >= 0.6 is 11.3 Å². The maximum atomic E-state index is 12.3. The molecule has 2 N–H and O–H groups in total. The maximum Gasteiger partial charge on any atom is 0.222 e. The second-order valence-electron chi connectivity index (χ2n) is 6.17. The van der Waals surface area contributed by atoms with E-state index in [1.165, 1.54) is 15.6 Å². The predicted molar refractivity (Wildman–Crippen MR) is 93.1 cm³/mol. The number of thiophene rings is 1. The van der Waals surface area contributed by atoms with Crippen LogP contribution in [0, 0.1) is 5.92 Å². The van der Waals surface area contributed by atoms with Gasteiger partial charge in [-0.1, -0.05) is 18.2 Å². The van der Waals surface area contributed by atoms with Crippen LogP contribution in [0.5, 0.6) is 0 Å². The van der Waals surface area contributed by atoms with E-state index in [9.17, 15) is 4.79 Å². The number of benzene rings is 1. The summed E-state index contributed by atoms with van der Waals surface area (Å²) in [5.41, 5.74) is 7.09. The van der Waals surface area contributed by atoms with E-state index < -0.39 is 0 Å². The average molecular weight is 316 g/mol. The van der Waals surface area contributed by atoms with Gasteiger partial charge in [-0.15, -0.1) is 11.3 Å². The molecule has 0 spiro atoms. The van der Waals surface area contributed by atoms with Crippen LogP contribution in [0.25, 0.3) is 10.1 Å². The molecule has 1 aliphatic rings. The number of hydrogen-bond acceptors (Lipinski definition) is 3. The highest BCUT2D eigenvalue weighted by Crippen LogP contribution is 2.27. The monoisotopic (exact) mass is 316 g/mol. The Kier molecular flexibility index (Phi) is 5.11. The molecule has 0 atom stereocenters. The first-order valence-electron chi connectivity index (χ1n) is 8.21. The highest BCUT2D eigenvalue weighted by atomic mass is 32.1. The lowest BCUT2D eigenvalue weighted by Crippen LogP contribution is -2.39. The van der Waals surface area contributed by atoms with Crippen molar-refractivity contribution >= 4 is 27.3 Å². The number of piperidine rings is 1. The third kappa shape index (κ3) is 3.50. The highest BCUT2D eigenvalue weighted by molar-refractivity contribution is 7.17. The maximum absolute atomic E-state index is 12.3. The largest absolute Gasteiger partial charge is 0.343 e. The number of hydrogen-bond donors (Lipinski definition) is 1. The van der Waals surface area contributed by atoms with E-state index in [1.54, 1.807) is 11.3 Å². The number of carbonyl (C=O) groups is 1. The molecule has 3 nitrogen and oxygen atoms in total. The third-order valence-corrected chi connectivity index (χ3v) is 5.71. The molecule has 1 saturated heterocycles. The summed E-state index contributed by atoms with van der Waals surface area (Å²) in [5.74, 6) is 0.927. The van der Waals surface area contributed by atoms with Gasteiger partial charge in [0.1, 0.15) is 0 Å². The van der Waals surface area contributed by atoms with Crippen LogP contribution in [0.1, 0.15) is 31.2 Å². The summed E-state index contributed by atoms with van der Waals surface area (Å²) in [6, 6.07) is 8.51. The summed E-state index contributed by atoms with van der Waals surface area (Å²) in [5, 5.41) is 3.59. The lowest BCUT2D eigenvalue weighted by Gasteiger charge is -2.31. The van der Waals surface area contributed by atoms with Crippen molar-refractivity contribution in [3.63, 3.8) is 0 Å². The minimum absolute atomic E-state index is 0.315. The Morgan fingerprint density at radius 1 is 1.27 bits per heavy atom. The molecule has 0 saturated carbocycles. The molecule has 0 aliphatic carbocycles. The molecule has 0 bridgehead atoms. The van der Waals surface area contributed by atoms with Gasteiger partial charge in [0.2, 0.25) is 5.91 Å². The lowest BCUT2D eigenvalue weighted by molar-refractivity contribution is -0.132. The van der Waals surface area contributed by atoms with E-state index in [-0.39, 0.29) is 0 Å². The first-order valence-corrected chi connectivity index (χ1v) is 9.09. The topological polar surface area (TPSA) is 46.3 Å². The van der Waals surface area contributed by atoms with Gasteiger partial charge in [0.25, 0.3) is 0 Å². The number of rotatable bonds is 5. The summed E-state index contributed by atoms with van der Waals surface area (Å²) >= 11 is 1.80. The van der Waals surface area contributed by atoms with Crippen molar-refractivity contribution in [2.45, 2.75) is 32.1 Å². The summed E-state index contributed by atoms with van der Waals surface area (Å²) in [6.07, 6.45) is 4.73. The highest BCUT2D eigenvalue weighted by Gasteiger charge is 2.21. The van der Waals surface area contributed by atoms with Gasteiger partial charge in [-0.2, -0.15) is 0 Å². The fraction of sp³-hybridized carbons (Fsp3) is 0.500. The molecule has 0 radical (unpaired) electrons. The van der Waals surface area contributed by atoms with E-state index >= 15 is 0 Å². The molecule has 4 heteroatoms. The Hall–Kier alpha value is -1.39. The van der Waals surface area contributed by atoms with Crippen molar-refractivity contribution in [2.75, 3.05) is 19.6 Å². The molecule has 1 fully saturated rings. The van der Waals surface area contributed by atoms with E-state index in [2.05, 4.69) is 29.6 Å². The standard InChI is InChI=1S/C18H24N2OS/c19-12-14-8-10-20(11-9-14)18(21)7-3-4-15-13-22-17-6-2-1-5-16(15)17/h1-2,5-6,13-14H,3-4,7-12,19H2. The SMILES string of the molecule is NCC1CCN(C(=O)CCCc2csc3ccccc23)CC1. The van der Waals surface area contributed by atoms with E-state index in [0.29, 0.717) is 18.2 Å². The van der Waals surface area contributed by atoms with Crippen molar-refractivity contribution in [3.8, 4) is 0 Å². The van der Waals surface area contributed by atoms with Gasteiger partial charge in [0.05, 0.1) is 0 Å². The van der Waals surface area contributed by atoms with Gasteiger partial charge in [-0.05, 0) is 60.5 Å². The molecule has 118 valence electrons. The van der Waals surface area contributed by atoms with Gasteiger partial charge in [0, 0.05) is 24.2 Å². The predicted octanol–water partition coefficient (Wildman–Crippen LogP) is 3.42. The summed E-state index contributed by atoms with van der Waals surface area (Å²) in [4.78, 5) is 14.3. The van der Waals surface area contributed by atoms with Crippen LogP contribution in [-0.4, -0.2) is 30.4 Å². The van der Waals surface area contributed by atoms with Crippen molar-refractivity contribution in [3.05, 3.63) is 35.2 Å². The van der Waals surface area contributed by atoms with E-state index in [4.69, 9.17) is 5.73 Å². The molecule has 1 amide bonds.